The van der Waals surface area contributed by atoms with E-state index in [0.717, 1.165) is 6.26 Å². The Morgan fingerprint density at radius 2 is 2.00 bits per heavy atom. The molecule has 0 bridgehead atoms. The third kappa shape index (κ3) is 6.95. The van der Waals surface area contributed by atoms with Gasteiger partial charge in [0.2, 0.25) is 10.0 Å². The van der Waals surface area contributed by atoms with Gasteiger partial charge in [-0.05, 0) is 18.2 Å². The minimum Gasteiger partial charge on any atom is -0.482 e. The van der Waals surface area contributed by atoms with E-state index in [4.69, 9.17) is 27.9 Å². The molecule has 20 heavy (non-hydrogen) atoms. The van der Waals surface area contributed by atoms with E-state index >= 15 is 0 Å². The van der Waals surface area contributed by atoms with Crippen molar-refractivity contribution in [2.75, 3.05) is 26.0 Å². The Morgan fingerprint density at radius 3 is 2.60 bits per heavy atom. The molecule has 1 rings (SSSR count). The molecule has 0 heterocycles. The summed E-state index contributed by atoms with van der Waals surface area (Å²) in [5, 5.41) is 3.28. The molecule has 0 atom stereocenters. The van der Waals surface area contributed by atoms with Crippen LogP contribution in [-0.2, 0) is 14.8 Å². The zero-order valence-electron chi connectivity index (χ0n) is 10.7. The normalized spacial score (nSPS) is 11.2. The lowest BCUT2D eigenvalue weighted by Gasteiger charge is -2.09. The molecule has 0 aliphatic heterocycles. The maximum absolute atomic E-state index is 11.4. The Balaban J connectivity index is 2.29. The van der Waals surface area contributed by atoms with Crippen molar-refractivity contribution >= 4 is 39.1 Å². The lowest BCUT2D eigenvalue weighted by molar-refractivity contribution is -0.123. The summed E-state index contributed by atoms with van der Waals surface area (Å²) in [5.41, 5.74) is 0. The smallest absolute Gasteiger partial charge is 0.257 e. The van der Waals surface area contributed by atoms with Crippen LogP contribution in [0.3, 0.4) is 0 Å². The van der Waals surface area contributed by atoms with Gasteiger partial charge in [0.1, 0.15) is 5.75 Å². The monoisotopic (exact) mass is 340 g/mol. The van der Waals surface area contributed by atoms with E-state index in [-0.39, 0.29) is 25.6 Å². The molecule has 0 spiro atoms. The Kier molecular flexibility index (Phi) is 6.54. The summed E-state index contributed by atoms with van der Waals surface area (Å²) in [4.78, 5) is 11.4. The molecule has 1 amide bonds. The van der Waals surface area contributed by atoms with Gasteiger partial charge in [0.25, 0.3) is 5.91 Å². The zero-order chi connectivity index (χ0) is 15.2. The van der Waals surface area contributed by atoms with Crippen molar-refractivity contribution in [2.45, 2.75) is 0 Å². The van der Waals surface area contributed by atoms with Gasteiger partial charge in [-0.25, -0.2) is 13.1 Å². The molecule has 1 aromatic rings. The van der Waals surface area contributed by atoms with Gasteiger partial charge in [-0.15, -0.1) is 0 Å². The Hall–Kier alpha value is -1.02. The number of carbonyl (C=O) groups excluding carboxylic acids is 1. The summed E-state index contributed by atoms with van der Waals surface area (Å²) in [6, 6.07) is 4.66. The second kappa shape index (κ2) is 7.68. The first-order chi connectivity index (χ1) is 9.28. The van der Waals surface area contributed by atoms with E-state index < -0.39 is 10.0 Å². The summed E-state index contributed by atoms with van der Waals surface area (Å²) in [6.45, 7) is 0.0656. The molecule has 9 heteroatoms. The molecule has 6 nitrogen and oxygen atoms in total. The van der Waals surface area contributed by atoms with Crippen LogP contribution in [0.5, 0.6) is 5.75 Å². The molecule has 0 aliphatic carbocycles. The van der Waals surface area contributed by atoms with Gasteiger partial charge in [-0.2, -0.15) is 0 Å². The number of nitrogens with one attached hydrogen (secondary N) is 2. The summed E-state index contributed by atoms with van der Waals surface area (Å²) in [5.74, 6) is -0.0354. The predicted octanol–water partition coefficient (Wildman–Crippen LogP) is 1.04. The van der Waals surface area contributed by atoms with Gasteiger partial charge in [0.15, 0.2) is 6.61 Å². The highest BCUT2D eigenvalue weighted by atomic mass is 35.5. The number of hydrogen-bond acceptors (Lipinski definition) is 4. The van der Waals surface area contributed by atoms with E-state index in [0.29, 0.717) is 15.8 Å². The molecule has 0 aromatic heterocycles. The summed E-state index contributed by atoms with van der Waals surface area (Å²) in [7, 11) is -3.25. The molecular formula is C11H14Cl2N2O4S. The van der Waals surface area contributed by atoms with Gasteiger partial charge < -0.3 is 10.1 Å². The van der Waals surface area contributed by atoms with Crippen molar-refractivity contribution in [1.82, 2.24) is 10.0 Å². The van der Waals surface area contributed by atoms with Crippen molar-refractivity contribution in [3.05, 3.63) is 28.2 Å². The van der Waals surface area contributed by atoms with Crippen LogP contribution in [0.1, 0.15) is 0 Å². The van der Waals surface area contributed by atoms with Crippen LogP contribution in [0.25, 0.3) is 0 Å². The quantitative estimate of drug-likeness (QED) is 0.726. The predicted molar refractivity (Wildman–Crippen MR) is 77.8 cm³/mol. The maximum atomic E-state index is 11.4. The van der Waals surface area contributed by atoms with E-state index in [9.17, 15) is 13.2 Å². The fourth-order valence-corrected chi connectivity index (χ4v) is 2.16. The molecule has 0 fully saturated rings. The van der Waals surface area contributed by atoms with Crippen LogP contribution < -0.4 is 14.8 Å². The average Bonchev–Trinajstić information content (AvgIpc) is 2.32. The first-order valence-corrected chi connectivity index (χ1v) is 8.22. The largest absolute Gasteiger partial charge is 0.482 e. The fraction of sp³-hybridized carbons (Fsp3) is 0.364. The van der Waals surface area contributed by atoms with Crippen LogP contribution in [0.4, 0.5) is 0 Å². The minimum atomic E-state index is -3.25. The Bertz CT molecular complexity index is 578. The summed E-state index contributed by atoms with van der Waals surface area (Å²) >= 11 is 11.6. The van der Waals surface area contributed by atoms with Crippen molar-refractivity contribution in [1.29, 1.82) is 0 Å². The fourth-order valence-electron chi connectivity index (χ4n) is 1.22. The van der Waals surface area contributed by atoms with Crippen LogP contribution in [-0.4, -0.2) is 40.3 Å². The number of benzene rings is 1. The summed E-state index contributed by atoms with van der Waals surface area (Å²) < 4.78 is 29.0. The molecule has 112 valence electrons. The van der Waals surface area contributed by atoms with Crippen LogP contribution in [0.15, 0.2) is 18.2 Å². The zero-order valence-corrected chi connectivity index (χ0v) is 13.0. The highest BCUT2D eigenvalue weighted by Crippen LogP contribution is 2.27. The molecule has 1 aromatic carbocycles. The highest BCUT2D eigenvalue weighted by Gasteiger charge is 2.06. The van der Waals surface area contributed by atoms with Crippen molar-refractivity contribution in [2.24, 2.45) is 0 Å². The standard InChI is InChI=1S/C11H14Cl2N2O4S/c1-20(17,18)15-5-4-14-11(16)7-19-10-3-2-8(12)6-9(10)13/h2-3,6,15H,4-5,7H2,1H3,(H,14,16). The van der Waals surface area contributed by atoms with Gasteiger partial charge >= 0.3 is 0 Å². The Morgan fingerprint density at radius 1 is 1.30 bits per heavy atom. The lowest BCUT2D eigenvalue weighted by atomic mass is 10.3. The molecule has 0 radical (unpaired) electrons. The van der Waals surface area contributed by atoms with Gasteiger partial charge in [0.05, 0.1) is 11.3 Å². The molecule has 0 saturated heterocycles. The second-order valence-corrected chi connectivity index (χ2v) is 6.56. The van der Waals surface area contributed by atoms with Crippen LogP contribution in [0.2, 0.25) is 10.0 Å². The van der Waals surface area contributed by atoms with Crippen LogP contribution in [0, 0.1) is 0 Å². The second-order valence-electron chi connectivity index (χ2n) is 3.88. The molecule has 0 saturated carbocycles. The number of rotatable bonds is 7. The van der Waals surface area contributed by atoms with Crippen molar-refractivity contribution < 1.29 is 17.9 Å². The highest BCUT2D eigenvalue weighted by molar-refractivity contribution is 7.88. The van der Waals surface area contributed by atoms with Gasteiger partial charge in [-0.3, -0.25) is 4.79 Å². The van der Waals surface area contributed by atoms with Gasteiger partial charge in [0, 0.05) is 18.1 Å². The maximum Gasteiger partial charge on any atom is 0.257 e. The summed E-state index contributed by atoms with van der Waals surface area (Å²) in [6.07, 6.45) is 1.04. The first-order valence-electron chi connectivity index (χ1n) is 5.57. The average molecular weight is 341 g/mol. The van der Waals surface area contributed by atoms with Gasteiger partial charge in [-0.1, -0.05) is 23.2 Å². The number of carbonyl (C=O) groups is 1. The molecule has 0 aliphatic rings. The lowest BCUT2D eigenvalue weighted by Crippen LogP contribution is -2.36. The Labute approximate surface area is 127 Å². The van der Waals surface area contributed by atoms with Crippen molar-refractivity contribution in [3.63, 3.8) is 0 Å². The SMILES string of the molecule is CS(=O)(=O)NCCNC(=O)COc1ccc(Cl)cc1Cl. The van der Waals surface area contributed by atoms with Crippen LogP contribution >= 0.6 is 23.2 Å². The van der Waals surface area contributed by atoms with E-state index in [1.165, 1.54) is 6.07 Å². The minimum absolute atomic E-state index is 0.117. The number of ether oxygens (including phenoxy) is 1. The number of halogens is 2. The topological polar surface area (TPSA) is 84.5 Å². The number of sulfonamides is 1. The third-order valence-electron chi connectivity index (χ3n) is 2.06. The molecule has 2 N–H and O–H groups in total. The number of amides is 1. The molecule has 0 unspecified atom stereocenters. The van der Waals surface area contributed by atoms with E-state index in [1.807, 2.05) is 0 Å². The first kappa shape index (κ1) is 17.0. The third-order valence-corrected chi connectivity index (χ3v) is 3.32. The molecular weight excluding hydrogens is 327 g/mol. The van der Waals surface area contributed by atoms with Crippen molar-refractivity contribution in [3.8, 4) is 5.75 Å². The van der Waals surface area contributed by atoms with E-state index in [2.05, 4.69) is 10.0 Å². The van der Waals surface area contributed by atoms with E-state index in [1.54, 1.807) is 12.1 Å². The number of hydrogen-bond donors (Lipinski definition) is 2.